The van der Waals surface area contributed by atoms with E-state index in [1.807, 2.05) is 0 Å². The molecule has 0 fully saturated rings. The highest BCUT2D eigenvalue weighted by Gasteiger charge is 2.15. The second-order valence-corrected chi connectivity index (χ2v) is 3.15. The molecule has 0 aliphatic rings. The summed E-state index contributed by atoms with van der Waals surface area (Å²) in [5.74, 6) is -0.752. The van der Waals surface area contributed by atoms with E-state index in [4.69, 9.17) is 14.9 Å². The topological polar surface area (TPSA) is 79.7 Å². The van der Waals surface area contributed by atoms with Crippen LogP contribution in [0.4, 0.5) is 0 Å². The Kier molecular flexibility index (Phi) is 3.62. The summed E-state index contributed by atoms with van der Waals surface area (Å²) in [5.41, 5.74) is 1.09. The van der Waals surface area contributed by atoms with Crippen LogP contribution in [0.2, 0.25) is 0 Å². The summed E-state index contributed by atoms with van der Waals surface area (Å²) in [6, 6.07) is 3.30. The Labute approximate surface area is 87.3 Å². The number of aryl methyl sites for hydroxylation is 1. The first-order valence-corrected chi connectivity index (χ1v) is 4.51. The second-order valence-electron chi connectivity index (χ2n) is 3.15. The molecule has 1 heterocycles. The van der Waals surface area contributed by atoms with Gasteiger partial charge in [-0.25, -0.2) is 4.79 Å². The zero-order valence-electron chi connectivity index (χ0n) is 8.60. The van der Waals surface area contributed by atoms with Crippen molar-refractivity contribution in [3.05, 3.63) is 23.5 Å². The molecule has 0 saturated heterocycles. The zero-order chi connectivity index (χ0) is 11.4. The number of rotatable bonds is 4. The summed E-state index contributed by atoms with van der Waals surface area (Å²) >= 11 is 0. The lowest BCUT2D eigenvalue weighted by Crippen LogP contribution is -2.23. The molecule has 0 amide bonds. The van der Waals surface area contributed by atoms with Crippen LogP contribution in [0.1, 0.15) is 18.3 Å². The Morgan fingerprint density at radius 2 is 2.27 bits per heavy atom. The van der Waals surface area contributed by atoms with E-state index in [9.17, 15) is 4.79 Å². The lowest BCUT2D eigenvalue weighted by Gasteiger charge is -2.12. The molecule has 0 saturated carbocycles. The van der Waals surface area contributed by atoms with Crippen molar-refractivity contribution in [1.29, 1.82) is 0 Å². The van der Waals surface area contributed by atoms with Gasteiger partial charge >= 0.3 is 5.97 Å². The van der Waals surface area contributed by atoms with Crippen LogP contribution >= 0.6 is 0 Å². The van der Waals surface area contributed by atoms with E-state index in [1.165, 1.54) is 6.92 Å². The maximum absolute atomic E-state index is 10.6. The van der Waals surface area contributed by atoms with Crippen LogP contribution in [0.25, 0.3) is 0 Å². The molecule has 2 N–H and O–H groups in total. The number of hydrogen-bond acceptors (Lipinski definition) is 4. The maximum Gasteiger partial charge on any atom is 0.344 e. The fourth-order valence-electron chi connectivity index (χ4n) is 1.06. The van der Waals surface area contributed by atoms with Crippen molar-refractivity contribution < 1.29 is 19.7 Å². The molecule has 5 nitrogen and oxygen atoms in total. The van der Waals surface area contributed by atoms with Gasteiger partial charge in [0.1, 0.15) is 11.4 Å². The lowest BCUT2D eigenvalue weighted by molar-refractivity contribution is -0.144. The molecule has 5 heteroatoms. The van der Waals surface area contributed by atoms with E-state index < -0.39 is 12.1 Å². The standard InChI is InChI=1S/C10H13NO4/c1-6-3-4-9(8(5-12)11-6)15-7(2)10(13)14/h3-4,7,12H,5H2,1-2H3,(H,13,14). The molecule has 0 radical (unpaired) electrons. The number of aromatic nitrogens is 1. The van der Waals surface area contributed by atoms with E-state index >= 15 is 0 Å². The Bertz CT molecular complexity index is 364. The number of carboxylic acids is 1. The van der Waals surface area contributed by atoms with Crippen molar-refractivity contribution in [3.8, 4) is 5.75 Å². The smallest absolute Gasteiger partial charge is 0.344 e. The van der Waals surface area contributed by atoms with Crippen molar-refractivity contribution in [2.24, 2.45) is 0 Å². The summed E-state index contributed by atoms with van der Waals surface area (Å²) in [4.78, 5) is 14.6. The molecule has 1 aromatic rings. The van der Waals surface area contributed by atoms with Crippen molar-refractivity contribution in [2.45, 2.75) is 26.6 Å². The van der Waals surface area contributed by atoms with Crippen LogP contribution in [0.3, 0.4) is 0 Å². The van der Waals surface area contributed by atoms with Crippen LogP contribution in [0.5, 0.6) is 5.75 Å². The molecule has 15 heavy (non-hydrogen) atoms. The third-order valence-electron chi connectivity index (χ3n) is 1.87. The lowest BCUT2D eigenvalue weighted by atomic mass is 10.3. The monoisotopic (exact) mass is 211 g/mol. The largest absolute Gasteiger partial charge is 0.479 e. The van der Waals surface area contributed by atoms with E-state index in [0.717, 1.165) is 5.69 Å². The van der Waals surface area contributed by atoms with E-state index in [-0.39, 0.29) is 6.61 Å². The summed E-state index contributed by atoms with van der Waals surface area (Å²) < 4.78 is 5.13. The predicted octanol–water partition coefficient (Wildman–Crippen LogP) is 0.734. The van der Waals surface area contributed by atoms with Gasteiger partial charge in [0.05, 0.1) is 6.61 Å². The number of pyridine rings is 1. The third-order valence-corrected chi connectivity index (χ3v) is 1.87. The first kappa shape index (κ1) is 11.5. The number of hydrogen-bond donors (Lipinski definition) is 2. The minimum absolute atomic E-state index is 0.274. The number of carbonyl (C=O) groups is 1. The van der Waals surface area contributed by atoms with Crippen LogP contribution in [0, 0.1) is 6.92 Å². The van der Waals surface area contributed by atoms with Crippen LogP contribution in [-0.4, -0.2) is 27.3 Å². The Morgan fingerprint density at radius 1 is 1.60 bits per heavy atom. The van der Waals surface area contributed by atoms with Gasteiger partial charge < -0.3 is 14.9 Å². The van der Waals surface area contributed by atoms with Gasteiger partial charge in [-0.1, -0.05) is 0 Å². The molecule has 1 atom stereocenters. The van der Waals surface area contributed by atoms with Crippen molar-refractivity contribution in [1.82, 2.24) is 4.98 Å². The summed E-state index contributed by atoms with van der Waals surface area (Å²) in [5, 5.41) is 17.7. The van der Waals surface area contributed by atoms with Crippen LogP contribution in [-0.2, 0) is 11.4 Å². The number of ether oxygens (including phenoxy) is 1. The zero-order valence-corrected chi connectivity index (χ0v) is 8.60. The minimum atomic E-state index is -1.06. The summed E-state index contributed by atoms with van der Waals surface area (Å²) in [6.07, 6.45) is -0.959. The average Bonchev–Trinajstić information content (AvgIpc) is 2.20. The number of nitrogens with zero attached hydrogens (tertiary/aromatic N) is 1. The second kappa shape index (κ2) is 4.75. The molecule has 1 unspecified atom stereocenters. The molecular weight excluding hydrogens is 198 g/mol. The molecule has 0 bridgehead atoms. The molecule has 82 valence electrons. The fraction of sp³-hybridized carbons (Fsp3) is 0.400. The van der Waals surface area contributed by atoms with Gasteiger partial charge in [-0.15, -0.1) is 0 Å². The van der Waals surface area contributed by atoms with Crippen LogP contribution < -0.4 is 4.74 Å². The number of carboxylic acid groups (broad SMARTS) is 1. The quantitative estimate of drug-likeness (QED) is 0.767. The molecule has 0 aromatic carbocycles. The Morgan fingerprint density at radius 3 is 2.80 bits per heavy atom. The van der Waals surface area contributed by atoms with Crippen molar-refractivity contribution >= 4 is 5.97 Å². The highest BCUT2D eigenvalue weighted by molar-refractivity contribution is 5.72. The van der Waals surface area contributed by atoms with Crippen molar-refractivity contribution in [3.63, 3.8) is 0 Å². The normalized spacial score (nSPS) is 12.2. The van der Waals surface area contributed by atoms with Gasteiger partial charge in [0.2, 0.25) is 0 Å². The first-order chi connectivity index (χ1) is 7.04. The SMILES string of the molecule is Cc1ccc(OC(C)C(=O)O)c(CO)n1. The number of aliphatic hydroxyl groups excluding tert-OH is 1. The Balaban J connectivity index is 2.89. The van der Waals surface area contributed by atoms with Gasteiger partial charge in [0, 0.05) is 5.69 Å². The van der Waals surface area contributed by atoms with Gasteiger partial charge in [-0.3, -0.25) is 4.98 Å². The first-order valence-electron chi connectivity index (χ1n) is 4.51. The van der Waals surface area contributed by atoms with E-state index in [0.29, 0.717) is 11.4 Å². The predicted molar refractivity (Wildman–Crippen MR) is 52.6 cm³/mol. The third kappa shape index (κ3) is 2.92. The molecule has 0 aliphatic carbocycles. The highest BCUT2D eigenvalue weighted by Crippen LogP contribution is 2.18. The molecule has 0 spiro atoms. The fourth-order valence-corrected chi connectivity index (χ4v) is 1.06. The van der Waals surface area contributed by atoms with Crippen LogP contribution in [0.15, 0.2) is 12.1 Å². The van der Waals surface area contributed by atoms with Crippen molar-refractivity contribution in [2.75, 3.05) is 0 Å². The number of aliphatic carboxylic acids is 1. The molecular formula is C10H13NO4. The molecule has 1 aromatic heterocycles. The summed E-state index contributed by atoms with van der Waals surface area (Å²) in [6.45, 7) is 2.93. The van der Waals surface area contributed by atoms with Gasteiger partial charge in [-0.2, -0.15) is 0 Å². The highest BCUT2D eigenvalue weighted by atomic mass is 16.5. The average molecular weight is 211 g/mol. The summed E-state index contributed by atoms with van der Waals surface area (Å²) in [7, 11) is 0. The number of aliphatic hydroxyl groups is 1. The molecule has 1 rings (SSSR count). The molecule has 0 aliphatic heterocycles. The van der Waals surface area contributed by atoms with Gasteiger partial charge in [0.15, 0.2) is 6.10 Å². The van der Waals surface area contributed by atoms with Gasteiger partial charge in [0.25, 0.3) is 0 Å². The maximum atomic E-state index is 10.6. The van der Waals surface area contributed by atoms with E-state index in [2.05, 4.69) is 4.98 Å². The minimum Gasteiger partial charge on any atom is -0.479 e. The van der Waals surface area contributed by atoms with E-state index in [1.54, 1.807) is 19.1 Å². The van der Waals surface area contributed by atoms with Gasteiger partial charge in [-0.05, 0) is 26.0 Å². The Hall–Kier alpha value is -1.62.